The SMILES string of the molecule is Cc1ccc(C)c(C(=O)C(C)(C)C(C)(C)N)c1. The summed E-state index contributed by atoms with van der Waals surface area (Å²) in [5.41, 5.74) is 7.90. The van der Waals surface area contributed by atoms with Gasteiger partial charge in [-0.3, -0.25) is 4.79 Å². The van der Waals surface area contributed by atoms with E-state index in [1.165, 1.54) is 0 Å². The molecule has 1 rings (SSSR count). The molecule has 0 spiro atoms. The van der Waals surface area contributed by atoms with E-state index in [0.717, 1.165) is 16.7 Å². The zero-order chi connectivity index (χ0) is 13.4. The molecule has 0 unspecified atom stereocenters. The number of ketones is 1. The summed E-state index contributed by atoms with van der Waals surface area (Å²) in [7, 11) is 0. The van der Waals surface area contributed by atoms with Gasteiger partial charge in [0.2, 0.25) is 0 Å². The highest BCUT2D eigenvalue weighted by Gasteiger charge is 2.41. The van der Waals surface area contributed by atoms with Crippen LogP contribution in [0.1, 0.15) is 49.2 Å². The fraction of sp³-hybridized carbons (Fsp3) is 0.533. The molecule has 0 amide bonds. The summed E-state index contributed by atoms with van der Waals surface area (Å²) in [4.78, 5) is 12.6. The summed E-state index contributed by atoms with van der Waals surface area (Å²) < 4.78 is 0. The Morgan fingerprint density at radius 1 is 1.12 bits per heavy atom. The van der Waals surface area contributed by atoms with E-state index in [4.69, 9.17) is 5.73 Å². The minimum absolute atomic E-state index is 0.117. The third kappa shape index (κ3) is 2.58. The van der Waals surface area contributed by atoms with Crippen LogP contribution in [0.2, 0.25) is 0 Å². The van der Waals surface area contributed by atoms with E-state index in [1.54, 1.807) is 0 Å². The molecular weight excluding hydrogens is 210 g/mol. The first-order valence-corrected chi connectivity index (χ1v) is 5.98. The van der Waals surface area contributed by atoms with Crippen LogP contribution < -0.4 is 5.73 Å². The van der Waals surface area contributed by atoms with Gasteiger partial charge in [-0.15, -0.1) is 0 Å². The van der Waals surface area contributed by atoms with Crippen LogP contribution >= 0.6 is 0 Å². The highest BCUT2D eigenvalue weighted by Crippen LogP contribution is 2.33. The molecule has 0 radical (unpaired) electrons. The van der Waals surface area contributed by atoms with E-state index in [-0.39, 0.29) is 5.78 Å². The van der Waals surface area contributed by atoms with Crippen molar-refractivity contribution < 1.29 is 4.79 Å². The van der Waals surface area contributed by atoms with E-state index >= 15 is 0 Å². The van der Waals surface area contributed by atoms with Gasteiger partial charge in [0.15, 0.2) is 5.78 Å². The highest BCUT2D eigenvalue weighted by molar-refractivity contribution is 6.02. The molecule has 17 heavy (non-hydrogen) atoms. The smallest absolute Gasteiger partial charge is 0.170 e. The molecule has 94 valence electrons. The average molecular weight is 233 g/mol. The Hall–Kier alpha value is -1.15. The zero-order valence-electron chi connectivity index (χ0n) is 11.7. The molecule has 0 saturated heterocycles. The van der Waals surface area contributed by atoms with Crippen molar-refractivity contribution in [2.45, 2.75) is 47.1 Å². The van der Waals surface area contributed by atoms with Gasteiger partial charge in [0.1, 0.15) is 0 Å². The number of hydrogen-bond donors (Lipinski definition) is 1. The van der Waals surface area contributed by atoms with Crippen LogP contribution in [0, 0.1) is 19.3 Å². The Bertz CT molecular complexity index is 439. The summed E-state index contributed by atoms with van der Waals surface area (Å²) in [6.07, 6.45) is 0. The number of aryl methyl sites for hydroxylation is 2. The molecule has 2 heteroatoms. The highest BCUT2D eigenvalue weighted by atomic mass is 16.1. The first-order valence-electron chi connectivity index (χ1n) is 5.98. The lowest BCUT2D eigenvalue weighted by Gasteiger charge is -2.37. The number of benzene rings is 1. The summed E-state index contributed by atoms with van der Waals surface area (Å²) in [5.74, 6) is 0.117. The van der Waals surface area contributed by atoms with Gasteiger partial charge in [-0.25, -0.2) is 0 Å². The van der Waals surface area contributed by atoms with Crippen molar-refractivity contribution in [3.8, 4) is 0 Å². The van der Waals surface area contributed by atoms with E-state index in [9.17, 15) is 4.79 Å². The van der Waals surface area contributed by atoms with Gasteiger partial charge in [0.25, 0.3) is 0 Å². The monoisotopic (exact) mass is 233 g/mol. The maximum Gasteiger partial charge on any atom is 0.170 e. The third-order valence-corrected chi connectivity index (χ3v) is 3.82. The molecule has 0 aliphatic carbocycles. The van der Waals surface area contributed by atoms with Gasteiger partial charge < -0.3 is 5.73 Å². The average Bonchev–Trinajstić information content (AvgIpc) is 2.19. The first kappa shape index (κ1) is 13.9. The lowest BCUT2D eigenvalue weighted by atomic mass is 9.70. The Morgan fingerprint density at radius 3 is 2.12 bits per heavy atom. The van der Waals surface area contributed by atoms with Crippen molar-refractivity contribution in [2.24, 2.45) is 11.1 Å². The minimum Gasteiger partial charge on any atom is -0.325 e. The minimum atomic E-state index is -0.578. The van der Waals surface area contributed by atoms with Gasteiger partial charge in [-0.05, 0) is 39.3 Å². The predicted molar refractivity (Wildman–Crippen MR) is 72.3 cm³/mol. The van der Waals surface area contributed by atoms with Crippen LogP contribution in [-0.2, 0) is 0 Å². The lowest BCUT2D eigenvalue weighted by molar-refractivity contribution is 0.0734. The lowest BCUT2D eigenvalue weighted by Crippen LogP contribution is -2.52. The van der Waals surface area contributed by atoms with Gasteiger partial charge in [-0.1, -0.05) is 31.5 Å². The number of nitrogens with two attached hydrogens (primary N) is 1. The van der Waals surface area contributed by atoms with Gasteiger partial charge in [0.05, 0.1) is 0 Å². The number of carbonyl (C=O) groups excluding carboxylic acids is 1. The number of hydrogen-bond acceptors (Lipinski definition) is 2. The second kappa shape index (κ2) is 4.26. The van der Waals surface area contributed by atoms with Crippen LogP contribution in [-0.4, -0.2) is 11.3 Å². The molecule has 2 nitrogen and oxygen atoms in total. The van der Waals surface area contributed by atoms with Gasteiger partial charge in [0, 0.05) is 16.5 Å². The van der Waals surface area contributed by atoms with Crippen LogP contribution in [0.25, 0.3) is 0 Å². The third-order valence-electron chi connectivity index (χ3n) is 3.82. The van der Waals surface area contributed by atoms with E-state index in [0.29, 0.717) is 0 Å². The largest absolute Gasteiger partial charge is 0.325 e. The molecule has 0 aromatic heterocycles. The second-order valence-electron chi connectivity index (χ2n) is 5.99. The molecule has 0 saturated carbocycles. The normalized spacial score (nSPS) is 12.6. The molecule has 0 aliphatic rings. The van der Waals surface area contributed by atoms with Crippen molar-refractivity contribution >= 4 is 5.78 Å². The summed E-state index contributed by atoms with van der Waals surface area (Å²) >= 11 is 0. The van der Waals surface area contributed by atoms with Crippen LogP contribution in [0.5, 0.6) is 0 Å². The Morgan fingerprint density at radius 2 is 1.65 bits per heavy atom. The Balaban J connectivity index is 3.26. The molecule has 1 aromatic rings. The summed E-state index contributed by atoms with van der Waals surface area (Å²) in [5, 5.41) is 0. The molecule has 2 N–H and O–H groups in total. The fourth-order valence-electron chi connectivity index (χ4n) is 1.61. The molecule has 0 heterocycles. The van der Waals surface area contributed by atoms with E-state index in [2.05, 4.69) is 0 Å². The van der Waals surface area contributed by atoms with Crippen LogP contribution in [0.4, 0.5) is 0 Å². The van der Waals surface area contributed by atoms with Crippen molar-refractivity contribution in [1.29, 1.82) is 0 Å². The fourth-order valence-corrected chi connectivity index (χ4v) is 1.61. The number of rotatable bonds is 3. The Kier molecular flexibility index (Phi) is 3.49. The predicted octanol–water partition coefficient (Wildman–Crippen LogP) is 3.25. The van der Waals surface area contributed by atoms with E-state index < -0.39 is 11.0 Å². The van der Waals surface area contributed by atoms with E-state index in [1.807, 2.05) is 59.7 Å². The number of Topliss-reactive ketones (excluding diaryl/α,β-unsaturated/α-hetero) is 1. The van der Waals surface area contributed by atoms with Crippen molar-refractivity contribution in [3.05, 3.63) is 34.9 Å². The Labute approximate surface area is 104 Å². The van der Waals surface area contributed by atoms with Gasteiger partial charge >= 0.3 is 0 Å². The number of carbonyl (C=O) groups is 1. The summed E-state index contributed by atoms with van der Waals surface area (Å²) in [6, 6.07) is 5.96. The van der Waals surface area contributed by atoms with Crippen molar-refractivity contribution in [2.75, 3.05) is 0 Å². The molecule has 0 bridgehead atoms. The molecule has 0 fully saturated rings. The molecule has 1 aromatic carbocycles. The topological polar surface area (TPSA) is 43.1 Å². The van der Waals surface area contributed by atoms with Gasteiger partial charge in [-0.2, -0.15) is 0 Å². The maximum atomic E-state index is 12.6. The maximum absolute atomic E-state index is 12.6. The van der Waals surface area contributed by atoms with Crippen molar-refractivity contribution in [3.63, 3.8) is 0 Å². The van der Waals surface area contributed by atoms with Crippen LogP contribution in [0.3, 0.4) is 0 Å². The first-order chi connectivity index (χ1) is 7.57. The quantitative estimate of drug-likeness (QED) is 0.814. The second-order valence-corrected chi connectivity index (χ2v) is 5.99. The van der Waals surface area contributed by atoms with Crippen LogP contribution in [0.15, 0.2) is 18.2 Å². The standard InChI is InChI=1S/C15H23NO/c1-10-7-8-11(2)12(9-10)13(17)14(3,4)15(5,6)16/h7-9H,16H2,1-6H3. The molecular formula is C15H23NO. The van der Waals surface area contributed by atoms with Crippen molar-refractivity contribution in [1.82, 2.24) is 0 Å². The summed E-state index contributed by atoms with van der Waals surface area (Å²) in [6.45, 7) is 11.6. The molecule has 0 aliphatic heterocycles. The molecule has 0 atom stereocenters. The zero-order valence-corrected chi connectivity index (χ0v) is 11.7.